The molecule has 0 fully saturated rings. The molecule has 44 heavy (non-hydrogen) atoms. The number of carbonyl (C=O) groups is 1. The molecule has 8 nitrogen and oxygen atoms in total. The molecule has 0 saturated heterocycles. The average molecular weight is 608 g/mol. The van der Waals surface area contributed by atoms with Crippen molar-refractivity contribution >= 4 is 38.6 Å². The van der Waals surface area contributed by atoms with E-state index in [-0.39, 0.29) is 4.90 Å². The van der Waals surface area contributed by atoms with Gasteiger partial charge < -0.3 is 9.47 Å². The molecule has 5 aromatic carbocycles. The van der Waals surface area contributed by atoms with Gasteiger partial charge in [0.15, 0.2) is 0 Å². The normalized spacial score (nSPS) is 11.4. The molecule has 0 aliphatic carbocycles. The Balaban J connectivity index is 1.22. The number of sulfonamides is 1. The summed E-state index contributed by atoms with van der Waals surface area (Å²) >= 11 is 0. The maximum Gasteiger partial charge on any atom is 0.264 e. The fourth-order valence-corrected chi connectivity index (χ4v) is 5.94. The van der Waals surface area contributed by atoms with Crippen LogP contribution in [0.1, 0.15) is 23.6 Å². The van der Waals surface area contributed by atoms with Crippen molar-refractivity contribution in [2.75, 3.05) is 17.5 Å². The summed E-state index contributed by atoms with van der Waals surface area (Å²) in [6.07, 6.45) is 1.49. The number of fused-ring (bicyclic) bond motifs is 1. The SMILES string of the molecule is CCOc1ccc(N(CC(=O)N/N=C\c2ccc(OCc3ccc4ccccc4c3)cc2)S(=O)(=O)c2ccc(C)cc2)cc1. The molecular formula is C35H33N3O5S. The molecule has 0 bridgehead atoms. The molecule has 1 amide bonds. The van der Waals surface area contributed by atoms with Gasteiger partial charge in [0.25, 0.3) is 15.9 Å². The molecule has 0 aliphatic rings. The zero-order valence-corrected chi connectivity index (χ0v) is 25.3. The lowest BCUT2D eigenvalue weighted by Gasteiger charge is -2.24. The van der Waals surface area contributed by atoms with E-state index in [9.17, 15) is 13.2 Å². The Morgan fingerprint density at radius 1 is 0.818 bits per heavy atom. The van der Waals surface area contributed by atoms with Crippen LogP contribution in [0.15, 0.2) is 125 Å². The molecule has 224 valence electrons. The van der Waals surface area contributed by atoms with E-state index in [1.807, 2.05) is 50.2 Å². The van der Waals surface area contributed by atoms with Crippen LogP contribution < -0.4 is 19.2 Å². The maximum atomic E-state index is 13.6. The fourth-order valence-electron chi connectivity index (χ4n) is 4.52. The Hall–Kier alpha value is -5.15. The first-order valence-corrected chi connectivity index (χ1v) is 15.6. The quantitative estimate of drug-likeness (QED) is 0.130. The van der Waals surface area contributed by atoms with Gasteiger partial charge >= 0.3 is 0 Å². The lowest BCUT2D eigenvalue weighted by molar-refractivity contribution is -0.119. The molecule has 0 radical (unpaired) electrons. The van der Waals surface area contributed by atoms with Gasteiger partial charge in [0.2, 0.25) is 0 Å². The summed E-state index contributed by atoms with van der Waals surface area (Å²) in [5.74, 6) is 0.705. The van der Waals surface area contributed by atoms with E-state index >= 15 is 0 Å². The van der Waals surface area contributed by atoms with E-state index in [4.69, 9.17) is 9.47 Å². The Morgan fingerprint density at radius 2 is 1.48 bits per heavy atom. The molecule has 5 rings (SSSR count). The van der Waals surface area contributed by atoms with Crippen molar-refractivity contribution < 1.29 is 22.7 Å². The van der Waals surface area contributed by atoms with E-state index < -0.39 is 22.5 Å². The number of nitrogens with zero attached hydrogens (tertiary/aromatic N) is 2. The number of anilines is 1. The highest BCUT2D eigenvalue weighted by atomic mass is 32.2. The summed E-state index contributed by atoms with van der Waals surface area (Å²) in [6.45, 7) is 4.18. The van der Waals surface area contributed by atoms with Gasteiger partial charge in [-0.2, -0.15) is 5.10 Å². The first-order chi connectivity index (χ1) is 21.3. The minimum absolute atomic E-state index is 0.0798. The average Bonchev–Trinajstić information content (AvgIpc) is 3.04. The number of rotatable bonds is 12. The Bertz CT molecular complexity index is 1850. The van der Waals surface area contributed by atoms with Crippen molar-refractivity contribution in [2.45, 2.75) is 25.3 Å². The van der Waals surface area contributed by atoms with Crippen LogP contribution in [0.5, 0.6) is 11.5 Å². The number of aryl methyl sites for hydroxylation is 1. The molecule has 0 saturated carbocycles. The molecular weight excluding hydrogens is 574 g/mol. The van der Waals surface area contributed by atoms with Gasteiger partial charge in [-0.3, -0.25) is 9.10 Å². The summed E-state index contributed by atoms with van der Waals surface area (Å²) in [5, 5.41) is 6.39. The fraction of sp³-hybridized carbons (Fsp3) is 0.143. The third kappa shape index (κ3) is 7.62. The highest BCUT2D eigenvalue weighted by Crippen LogP contribution is 2.26. The second-order valence-corrected chi connectivity index (χ2v) is 11.9. The number of benzene rings is 5. The van der Waals surface area contributed by atoms with Gasteiger partial charge in [-0.1, -0.05) is 54.1 Å². The lowest BCUT2D eigenvalue weighted by Crippen LogP contribution is -2.39. The van der Waals surface area contributed by atoms with Gasteiger partial charge in [0.05, 0.1) is 23.4 Å². The Morgan fingerprint density at radius 3 is 2.18 bits per heavy atom. The van der Waals surface area contributed by atoms with Crippen LogP contribution in [0.2, 0.25) is 0 Å². The number of hydrazone groups is 1. The number of ether oxygens (including phenoxy) is 2. The van der Waals surface area contributed by atoms with E-state index in [0.717, 1.165) is 26.4 Å². The molecule has 0 spiro atoms. The summed E-state index contributed by atoms with van der Waals surface area (Å²) in [6, 6.07) is 34.8. The Labute approximate surface area is 257 Å². The predicted molar refractivity (Wildman–Crippen MR) is 174 cm³/mol. The summed E-state index contributed by atoms with van der Waals surface area (Å²) in [7, 11) is -4.04. The second-order valence-electron chi connectivity index (χ2n) is 10.1. The number of amides is 1. The van der Waals surface area contributed by atoms with Crippen LogP contribution in [0.25, 0.3) is 10.8 Å². The minimum Gasteiger partial charge on any atom is -0.494 e. The van der Waals surface area contributed by atoms with Crippen LogP contribution in [0.3, 0.4) is 0 Å². The second kappa shape index (κ2) is 13.9. The standard InChI is InChI=1S/C35H33N3O5S/c1-3-42-32-18-14-31(15-19-32)38(44(40,41)34-20-8-26(2)9-21-34)24-35(39)37-36-23-27-11-16-33(17-12-27)43-25-28-10-13-29-6-4-5-7-30(29)22-28/h4-23H,3,24-25H2,1-2H3,(H,37,39)/b36-23-. The largest absolute Gasteiger partial charge is 0.494 e. The molecule has 0 aromatic heterocycles. The molecule has 0 atom stereocenters. The van der Waals surface area contributed by atoms with Crippen molar-refractivity contribution in [3.8, 4) is 11.5 Å². The van der Waals surface area contributed by atoms with Gasteiger partial charge in [0.1, 0.15) is 24.7 Å². The van der Waals surface area contributed by atoms with E-state index in [0.29, 0.717) is 30.4 Å². The van der Waals surface area contributed by atoms with Crippen molar-refractivity contribution in [3.05, 3.63) is 132 Å². The number of carbonyl (C=O) groups excluding carboxylic acids is 1. The summed E-state index contributed by atoms with van der Waals surface area (Å²) in [4.78, 5) is 13.0. The first-order valence-electron chi connectivity index (χ1n) is 14.2. The number of nitrogens with one attached hydrogen (secondary N) is 1. The van der Waals surface area contributed by atoms with Crippen LogP contribution in [-0.4, -0.2) is 33.7 Å². The van der Waals surface area contributed by atoms with Crippen molar-refractivity contribution in [3.63, 3.8) is 0 Å². The van der Waals surface area contributed by atoms with Crippen LogP contribution in [0, 0.1) is 6.92 Å². The number of hydrogen-bond acceptors (Lipinski definition) is 6. The highest BCUT2D eigenvalue weighted by Gasteiger charge is 2.27. The van der Waals surface area contributed by atoms with Crippen molar-refractivity contribution in [1.29, 1.82) is 0 Å². The molecule has 0 aliphatic heterocycles. The van der Waals surface area contributed by atoms with Crippen LogP contribution >= 0.6 is 0 Å². The van der Waals surface area contributed by atoms with Gasteiger partial charge in [-0.25, -0.2) is 13.8 Å². The van der Waals surface area contributed by atoms with E-state index in [2.05, 4.69) is 40.9 Å². The van der Waals surface area contributed by atoms with E-state index in [1.165, 1.54) is 23.7 Å². The van der Waals surface area contributed by atoms with Gasteiger partial charge in [-0.05, 0) is 102 Å². The molecule has 1 N–H and O–H groups in total. The molecule has 0 unspecified atom stereocenters. The first kappa shape index (κ1) is 30.3. The third-order valence-electron chi connectivity index (χ3n) is 6.83. The summed E-state index contributed by atoms with van der Waals surface area (Å²) < 4.78 is 39.6. The monoisotopic (exact) mass is 607 g/mol. The molecule has 0 heterocycles. The van der Waals surface area contributed by atoms with Crippen molar-refractivity contribution in [1.82, 2.24) is 5.43 Å². The van der Waals surface area contributed by atoms with Gasteiger partial charge in [-0.15, -0.1) is 0 Å². The minimum atomic E-state index is -4.04. The van der Waals surface area contributed by atoms with Crippen molar-refractivity contribution in [2.24, 2.45) is 5.10 Å². The molecule has 5 aromatic rings. The predicted octanol–water partition coefficient (Wildman–Crippen LogP) is 6.47. The van der Waals surface area contributed by atoms with E-state index in [1.54, 1.807) is 36.4 Å². The Kier molecular flexibility index (Phi) is 9.56. The topological polar surface area (TPSA) is 97.3 Å². The highest BCUT2D eigenvalue weighted by molar-refractivity contribution is 7.92. The lowest BCUT2D eigenvalue weighted by atomic mass is 10.1. The third-order valence-corrected chi connectivity index (χ3v) is 8.62. The number of hydrogen-bond donors (Lipinski definition) is 1. The molecule has 9 heteroatoms. The zero-order valence-electron chi connectivity index (χ0n) is 24.5. The van der Waals surface area contributed by atoms with Crippen LogP contribution in [0.4, 0.5) is 5.69 Å². The zero-order chi connectivity index (χ0) is 30.9. The smallest absolute Gasteiger partial charge is 0.264 e. The maximum absolute atomic E-state index is 13.6. The van der Waals surface area contributed by atoms with Gasteiger partial charge in [0, 0.05) is 0 Å². The summed E-state index contributed by atoms with van der Waals surface area (Å²) in [5.41, 5.74) is 5.50. The van der Waals surface area contributed by atoms with Crippen LogP contribution in [-0.2, 0) is 21.4 Å².